The van der Waals surface area contributed by atoms with Gasteiger partial charge in [0.25, 0.3) is 0 Å². The van der Waals surface area contributed by atoms with Gasteiger partial charge in [0.1, 0.15) is 6.10 Å². The van der Waals surface area contributed by atoms with Gasteiger partial charge in [0.15, 0.2) is 0 Å². The summed E-state index contributed by atoms with van der Waals surface area (Å²) in [4.78, 5) is 7.23. The van der Waals surface area contributed by atoms with Gasteiger partial charge in [-0.25, -0.2) is 0 Å². The Balaban J connectivity index is 2.04. The monoisotopic (exact) mass is 224 g/mol. The molecule has 2 aromatic heterocycles. The first-order valence-corrected chi connectivity index (χ1v) is 5.50. The second-order valence-electron chi connectivity index (χ2n) is 4.00. The smallest absolute Gasteiger partial charge is 0.119 e. The first-order chi connectivity index (χ1) is 8.34. The van der Waals surface area contributed by atoms with Crippen molar-refractivity contribution in [3.05, 3.63) is 66.1 Å². The van der Waals surface area contributed by atoms with Crippen LogP contribution in [0.25, 0.3) is 10.9 Å². The molecule has 0 saturated heterocycles. The number of aromatic amines is 1. The average molecular weight is 224 g/mol. The van der Waals surface area contributed by atoms with E-state index >= 15 is 0 Å². The van der Waals surface area contributed by atoms with E-state index in [-0.39, 0.29) is 0 Å². The van der Waals surface area contributed by atoms with Crippen LogP contribution in [0.15, 0.2) is 54.9 Å². The molecule has 0 unspecified atom stereocenters. The van der Waals surface area contributed by atoms with E-state index in [0.717, 1.165) is 22.2 Å². The van der Waals surface area contributed by atoms with Crippen molar-refractivity contribution in [2.45, 2.75) is 6.10 Å². The fourth-order valence-electron chi connectivity index (χ4n) is 1.96. The number of rotatable bonds is 2. The summed E-state index contributed by atoms with van der Waals surface area (Å²) in [7, 11) is 0. The van der Waals surface area contributed by atoms with Crippen molar-refractivity contribution in [3.8, 4) is 0 Å². The van der Waals surface area contributed by atoms with E-state index in [1.54, 1.807) is 12.4 Å². The van der Waals surface area contributed by atoms with Crippen LogP contribution in [-0.2, 0) is 0 Å². The van der Waals surface area contributed by atoms with Gasteiger partial charge >= 0.3 is 0 Å². The van der Waals surface area contributed by atoms with E-state index in [1.807, 2.05) is 42.5 Å². The van der Waals surface area contributed by atoms with Crippen LogP contribution in [0.4, 0.5) is 0 Å². The number of H-pyrrole nitrogens is 1. The zero-order valence-electron chi connectivity index (χ0n) is 9.17. The molecule has 1 atom stereocenters. The average Bonchev–Trinajstić information content (AvgIpc) is 2.82. The Morgan fingerprint density at radius 2 is 1.94 bits per heavy atom. The maximum Gasteiger partial charge on any atom is 0.119 e. The lowest BCUT2D eigenvalue weighted by Crippen LogP contribution is -1.99. The molecule has 0 aliphatic heterocycles. The fourth-order valence-corrected chi connectivity index (χ4v) is 1.96. The second-order valence-corrected chi connectivity index (χ2v) is 4.00. The standard InChI is InChI=1S/C14H12N2O/c17-14(10-4-2-1-3-5-10)12-8-11-6-7-15-9-13(11)16-12/h1-9,14,16-17H/t14-/m1/s1. The van der Waals surface area contributed by atoms with Crippen molar-refractivity contribution in [1.29, 1.82) is 0 Å². The summed E-state index contributed by atoms with van der Waals surface area (Å²) < 4.78 is 0. The number of aromatic nitrogens is 2. The molecule has 17 heavy (non-hydrogen) atoms. The number of hydrogen-bond acceptors (Lipinski definition) is 2. The molecule has 1 aromatic carbocycles. The highest BCUT2D eigenvalue weighted by molar-refractivity contribution is 5.79. The number of benzene rings is 1. The summed E-state index contributed by atoms with van der Waals surface area (Å²) in [5.74, 6) is 0. The van der Waals surface area contributed by atoms with E-state index < -0.39 is 6.10 Å². The van der Waals surface area contributed by atoms with E-state index in [2.05, 4.69) is 9.97 Å². The van der Waals surface area contributed by atoms with Crippen LogP contribution in [0.3, 0.4) is 0 Å². The van der Waals surface area contributed by atoms with Crippen molar-refractivity contribution in [3.63, 3.8) is 0 Å². The molecule has 0 fully saturated rings. The van der Waals surface area contributed by atoms with E-state index in [0.29, 0.717) is 0 Å². The van der Waals surface area contributed by atoms with Gasteiger partial charge in [-0.1, -0.05) is 30.3 Å². The van der Waals surface area contributed by atoms with Crippen LogP contribution in [0.2, 0.25) is 0 Å². The third kappa shape index (κ3) is 1.81. The van der Waals surface area contributed by atoms with Gasteiger partial charge in [-0.05, 0) is 17.7 Å². The Morgan fingerprint density at radius 1 is 1.12 bits per heavy atom. The van der Waals surface area contributed by atoms with E-state index in [9.17, 15) is 5.11 Å². The second kappa shape index (κ2) is 4.03. The zero-order chi connectivity index (χ0) is 11.7. The van der Waals surface area contributed by atoms with Crippen LogP contribution >= 0.6 is 0 Å². The minimum absolute atomic E-state index is 0.622. The Labute approximate surface area is 98.8 Å². The highest BCUT2D eigenvalue weighted by atomic mass is 16.3. The highest BCUT2D eigenvalue weighted by Crippen LogP contribution is 2.24. The molecule has 3 rings (SSSR count). The molecule has 0 bridgehead atoms. The molecule has 3 heteroatoms. The topological polar surface area (TPSA) is 48.9 Å². The van der Waals surface area contributed by atoms with Crippen LogP contribution in [-0.4, -0.2) is 15.1 Å². The van der Waals surface area contributed by atoms with Crippen LogP contribution in [0.1, 0.15) is 17.4 Å². The first kappa shape index (κ1) is 10.1. The number of fused-ring (bicyclic) bond motifs is 1. The predicted octanol–water partition coefficient (Wildman–Crippen LogP) is 2.64. The molecule has 3 nitrogen and oxygen atoms in total. The van der Waals surface area contributed by atoms with Crippen molar-refractivity contribution < 1.29 is 5.11 Å². The Kier molecular flexibility index (Phi) is 2.38. The number of aliphatic hydroxyl groups is 1. The number of aliphatic hydroxyl groups excluding tert-OH is 1. The maximum atomic E-state index is 10.2. The molecular formula is C14H12N2O. The molecular weight excluding hydrogens is 212 g/mol. The summed E-state index contributed by atoms with van der Waals surface area (Å²) >= 11 is 0. The third-order valence-corrected chi connectivity index (χ3v) is 2.85. The summed E-state index contributed by atoms with van der Waals surface area (Å²) in [6.45, 7) is 0. The Hall–Kier alpha value is -2.13. The zero-order valence-corrected chi connectivity index (χ0v) is 9.17. The molecule has 0 radical (unpaired) electrons. The van der Waals surface area contributed by atoms with Gasteiger partial charge in [0, 0.05) is 17.3 Å². The SMILES string of the molecule is O[C@H](c1ccccc1)c1cc2ccncc2[nH]1. The third-order valence-electron chi connectivity index (χ3n) is 2.85. The van der Waals surface area contributed by atoms with Crippen LogP contribution in [0.5, 0.6) is 0 Å². The lowest BCUT2D eigenvalue weighted by atomic mass is 10.1. The number of nitrogens with one attached hydrogen (secondary N) is 1. The maximum absolute atomic E-state index is 10.2. The van der Waals surface area contributed by atoms with Gasteiger partial charge in [-0.15, -0.1) is 0 Å². The first-order valence-electron chi connectivity index (χ1n) is 5.50. The predicted molar refractivity (Wildman–Crippen MR) is 66.6 cm³/mol. The van der Waals surface area contributed by atoms with E-state index in [1.165, 1.54) is 0 Å². The lowest BCUT2D eigenvalue weighted by molar-refractivity contribution is 0.216. The molecule has 0 aliphatic carbocycles. The van der Waals surface area contributed by atoms with Crippen LogP contribution < -0.4 is 0 Å². The minimum Gasteiger partial charge on any atom is -0.382 e. The normalized spacial score (nSPS) is 12.8. The lowest BCUT2D eigenvalue weighted by Gasteiger charge is -2.08. The van der Waals surface area contributed by atoms with Crippen molar-refractivity contribution in [2.75, 3.05) is 0 Å². The van der Waals surface area contributed by atoms with Gasteiger partial charge in [-0.3, -0.25) is 4.98 Å². The van der Waals surface area contributed by atoms with Gasteiger partial charge in [-0.2, -0.15) is 0 Å². The number of nitrogens with zero attached hydrogens (tertiary/aromatic N) is 1. The quantitative estimate of drug-likeness (QED) is 0.703. The number of hydrogen-bond donors (Lipinski definition) is 2. The van der Waals surface area contributed by atoms with Crippen molar-refractivity contribution in [1.82, 2.24) is 9.97 Å². The minimum atomic E-state index is -0.622. The molecule has 3 aromatic rings. The summed E-state index contributed by atoms with van der Waals surface area (Å²) in [6, 6.07) is 13.5. The molecule has 2 heterocycles. The molecule has 0 amide bonds. The van der Waals surface area contributed by atoms with Gasteiger partial charge in [0.05, 0.1) is 11.7 Å². The molecule has 0 saturated carbocycles. The van der Waals surface area contributed by atoms with E-state index in [4.69, 9.17) is 0 Å². The van der Waals surface area contributed by atoms with Crippen molar-refractivity contribution >= 4 is 10.9 Å². The Bertz CT molecular complexity index is 598. The number of pyridine rings is 1. The summed E-state index contributed by atoms with van der Waals surface area (Å²) in [5.41, 5.74) is 2.61. The highest BCUT2D eigenvalue weighted by Gasteiger charge is 2.12. The van der Waals surface area contributed by atoms with Gasteiger partial charge in [0.2, 0.25) is 0 Å². The van der Waals surface area contributed by atoms with Gasteiger partial charge < -0.3 is 10.1 Å². The molecule has 84 valence electrons. The van der Waals surface area contributed by atoms with Crippen LogP contribution in [0, 0.1) is 0 Å². The largest absolute Gasteiger partial charge is 0.382 e. The summed E-state index contributed by atoms with van der Waals surface area (Å²) in [5, 5.41) is 11.3. The van der Waals surface area contributed by atoms with Crippen molar-refractivity contribution in [2.24, 2.45) is 0 Å². The summed E-state index contributed by atoms with van der Waals surface area (Å²) in [6.07, 6.45) is 2.88. The molecule has 0 aliphatic rings. The fraction of sp³-hybridized carbons (Fsp3) is 0.0714. The molecule has 2 N–H and O–H groups in total. The Morgan fingerprint density at radius 3 is 2.71 bits per heavy atom. The molecule has 0 spiro atoms.